The van der Waals surface area contributed by atoms with Crippen molar-refractivity contribution < 1.29 is 9.90 Å². The van der Waals surface area contributed by atoms with Gasteiger partial charge in [-0.05, 0) is 28.2 Å². The molecular formula is C18H23NO2. The van der Waals surface area contributed by atoms with Crippen molar-refractivity contribution in [3.8, 4) is 0 Å². The Morgan fingerprint density at radius 3 is 2.62 bits per heavy atom. The van der Waals surface area contributed by atoms with Crippen LogP contribution in [-0.2, 0) is 11.2 Å². The lowest BCUT2D eigenvalue weighted by molar-refractivity contribution is -0.120. The molecule has 2 aromatic carbocycles. The summed E-state index contributed by atoms with van der Waals surface area (Å²) in [6, 6.07) is 14.1. The highest BCUT2D eigenvalue weighted by Gasteiger charge is 2.18. The van der Waals surface area contributed by atoms with E-state index < -0.39 is 0 Å². The van der Waals surface area contributed by atoms with Gasteiger partial charge in [0.05, 0.1) is 6.42 Å². The first-order valence-corrected chi connectivity index (χ1v) is 7.36. The van der Waals surface area contributed by atoms with E-state index in [1.807, 2.05) is 44.2 Å². The highest BCUT2D eigenvalue weighted by atomic mass is 16.3. The second-order valence-electron chi connectivity index (χ2n) is 6.23. The van der Waals surface area contributed by atoms with Crippen molar-refractivity contribution in [1.82, 2.24) is 5.32 Å². The topological polar surface area (TPSA) is 49.3 Å². The van der Waals surface area contributed by atoms with Gasteiger partial charge >= 0.3 is 0 Å². The minimum absolute atomic E-state index is 0.0253. The molecule has 1 amide bonds. The zero-order valence-electron chi connectivity index (χ0n) is 12.7. The molecule has 0 heterocycles. The fraction of sp³-hybridized carbons (Fsp3) is 0.389. The quantitative estimate of drug-likeness (QED) is 0.857. The minimum Gasteiger partial charge on any atom is -0.396 e. The number of fused-ring (bicyclic) bond motifs is 1. The molecule has 0 atom stereocenters. The summed E-state index contributed by atoms with van der Waals surface area (Å²) in [5.74, 6) is 0.0253. The molecule has 3 heteroatoms. The number of nitrogens with one attached hydrogen (secondary N) is 1. The second-order valence-corrected chi connectivity index (χ2v) is 6.23. The molecule has 0 bridgehead atoms. The first-order valence-electron chi connectivity index (χ1n) is 7.36. The van der Waals surface area contributed by atoms with Gasteiger partial charge in [-0.25, -0.2) is 0 Å². The van der Waals surface area contributed by atoms with Crippen LogP contribution in [0.25, 0.3) is 10.8 Å². The lowest BCUT2D eigenvalue weighted by Crippen LogP contribution is -2.35. The molecule has 0 saturated carbocycles. The predicted molar refractivity (Wildman–Crippen MR) is 86.1 cm³/mol. The molecule has 0 saturated heterocycles. The van der Waals surface area contributed by atoms with Crippen molar-refractivity contribution in [2.45, 2.75) is 26.7 Å². The maximum Gasteiger partial charge on any atom is 0.224 e. The van der Waals surface area contributed by atoms with Crippen LogP contribution >= 0.6 is 0 Å². The molecule has 0 aliphatic rings. The summed E-state index contributed by atoms with van der Waals surface area (Å²) in [5.41, 5.74) is 0.967. The highest BCUT2D eigenvalue weighted by molar-refractivity contribution is 5.90. The third-order valence-electron chi connectivity index (χ3n) is 3.78. The number of benzene rings is 2. The van der Waals surface area contributed by atoms with Gasteiger partial charge in [-0.1, -0.05) is 56.3 Å². The largest absolute Gasteiger partial charge is 0.396 e. The Hall–Kier alpha value is -1.87. The number of rotatable bonds is 6. The number of amides is 1. The average Bonchev–Trinajstić information content (AvgIpc) is 2.46. The number of carbonyl (C=O) groups excluding carboxylic acids is 1. The van der Waals surface area contributed by atoms with Crippen LogP contribution in [0.2, 0.25) is 0 Å². The fourth-order valence-electron chi connectivity index (χ4n) is 2.41. The molecule has 0 radical (unpaired) electrons. The van der Waals surface area contributed by atoms with Gasteiger partial charge in [0, 0.05) is 13.2 Å². The molecular weight excluding hydrogens is 262 g/mol. The molecule has 0 aromatic heterocycles. The summed E-state index contributed by atoms with van der Waals surface area (Å²) in [5, 5.41) is 14.3. The molecule has 0 spiro atoms. The molecule has 0 unspecified atom stereocenters. The molecule has 0 aliphatic heterocycles. The van der Waals surface area contributed by atoms with E-state index >= 15 is 0 Å². The number of hydrogen-bond donors (Lipinski definition) is 2. The van der Waals surface area contributed by atoms with Crippen molar-refractivity contribution in [1.29, 1.82) is 0 Å². The number of aliphatic hydroxyl groups excluding tert-OH is 1. The molecule has 2 aromatic rings. The summed E-state index contributed by atoms with van der Waals surface area (Å²) in [6.45, 7) is 4.81. The second kappa shape index (κ2) is 6.72. The molecule has 21 heavy (non-hydrogen) atoms. The van der Waals surface area contributed by atoms with Crippen LogP contribution in [0.15, 0.2) is 42.5 Å². The Bertz CT molecular complexity index is 614. The van der Waals surface area contributed by atoms with Gasteiger partial charge in [-0.3, -0.25) is 4.79 Å². The molecule has 0 aliphatic carbocycles. The van der Waals surface area contributed by atoms with Crippen molar-refractivity contribution in [2.24, 2.45) is 5.41 Å². The van der Waals surface area contributed by atoms with E-state index in [0.717, 1.165) is 16.3 Å². The Morgan fingerprint density at radius 2 is 1.86 bits per heavy atom. The number of hydrogen-bond acceptors (Lipinski definition) is 2. The average molecular weight is 285 g/mol. The van der Waals surface area contributed by atoms with Crippen LogP contribution in [0.5, 0.6) is 0 Å². The molecule has 112 valence electrons. The molecule has 3 nitrogen and oxygen atoms in total. The maximum absolute atomic E-state index is 12.1. The normalized spacial score (nSPS) is 11.6. The third-order valence-corrected chi connectivity index (χ3v) is 3.78. The number of carbonyl (C=O) groups is 1. The molecule has 2 rings (SSSR count). The standard InChI is InChI=1S/C18H23NO2/c1-18(2,10-11-20)13-19-17(21)12-15-8-5-7-14-6-3-4-9-16(14)15/h3-9,20H,10-13H2,1-2H3,(H,19,21). The van der Waals surface area contributed by atoms with E-state index in [-0.39, 0.29) is 17.9 Å². The SMILES string of the molecule is CC(C)(CCO)CNC(=O)Cc1cccc2ccccc12. The van der Waals surface area contributed by atoms with Crippen molar-refractivity contribution >= 4 is 16.7 Å². The van der Waals surface area contributed by atoms with E-state index in [0.29, 0.717) is 19.4 Å². The van der Waals surface area contributed by atoms with E-state index in [1.54, 1.807) is 0 Å². The van der Waals surface area contributed by atoms with Gasteiger partial charge < -0.3 is 10.4 Å². The summed E-state index contributed by atoms with van der Waals surface area (Å²) in [4.78, 5) is 12.1. The Balaban J connectivity index is 2.02. The van der Waals surface area contributed by atoms with Gasteiger partial charge in [0.25, 0.3) is 0 Å². The number of aliphatic hydroxyl groups is 1. The van der Waals surface area contributed by atoms with E-state index in [1.165, 1.54) is 0 Å². The zero-order chi connectivity index (χ0) is 15.3. The van der Waals surface area contributed by atoms with Crippen LogP contribution in [0.3, 0.4) is 0 Å². The van der Waals surface area contributed by atoms with Crippen molar-refractivity contribution in [3.63, 3.8) is 0 Å². The lowest BCUT2D eigenvalue weighted by Gasteiger charge is -2.23. The Labute approximate surface area is 126 Å². The smallest absolute Gasteiger partial charge is 0.224 e. The van der Waals surface area contributed by atoms with Crippen LogP contribution in [-0.4, -0.2) is 24.2 Å². The first-order chi connectivity index (χ1) is 10.0. The van der Waals surface area contributed by atoms with Gasteiger partial charge in [-0.2, -0.15) is 0 Å². The Kier molecular flexibility index (Phi) is 4.97. The molecule has 2 N–H and O–H groups in total. The summed E-state index contributed by atoms with van der Waals surface area (Å²) in [7, 11) is 0. The summed E-state index contributed by atoms with van der Waals surface area (Å²) < 4.78 is 0. The fourth-order valence-corrected chi connectivity index (χ4v) is 2.41. The maximum atomic E-state index is 12.1. The van der Waals surface area contributed by atoms with Crippen LogP contribution in [0.4, 0.5) is 0 Å². The van der Waals surface area contributed by atoms with Gasteiger partial charge in [0.1, 0.15) is 0 Å². The molecule has 0 fully saturated rings. The predicted octanol–water partition coefficient (Wildman–Crippen LogP) is 2.91. The highest BCUT2D eigenvalue weighted by Crippen LogP contribution is 2.20. The van der Waals surface area contributed by atoms with Crippen molar-refractivity contribution in [2.75, 3.05) is 13.2 Å². The minimum atomic E-state index is -0.0802. The summed E-state index contributed by atoms with van der Waals surface area (Å²) in [6.07, 6.45) is 1.07. The van der Waals surface area contributed by atoms with Crippen LogP contribution in [0, 0.1) is 5.41 Å². The van der Waals surface area contributed by atoms with Crippen molar-refractivity contribution in [3.05, 3.63) is 48.0 Å². The van der Waals surface area contributed by atoms with E-state index in [2.05, 4.69) is 17.4 Å². The summed E-state index contributed by atoms with van der Waals surface area (Å²) >= 11 is 0. The van der Waals surface area contributed by atoms with Crippen LogP contribution < -0.4 is 5.32 Å². The monoisotopic (exact) mass is 285 g/mol. The lowest BCUT2D eigenvalue weighted by atomic mass is 9.89. The zero-order valence-corrected chi connectivity index (χ0v) is 12.7. The first kappa shape index (κ1) is 15.5. The van der Waals surface area contributed by atoms with Crippen LogP contribution in [0.1, 0.15) is 25.8 Å². The Morgan fingerprint density at radius 1 is 1.14 bits per heavy atom. The van der Waals surface area contributed by atoms with E-state index in [9.17, 15) is 4.79 Å². The van der Waals surface area contributed by atoms with Gasteiger partial charge in [-0.15, -0.1) is 0 Å². The van der Waals surface area contributed by atoms with E-state index in [4.69, 9.17) is 5.11 Å². The van der Waals surface area contributed by atoms with Gasteiger partial charge in [0.15, 0.2) is 0 Å². The third kappa shape index (κ3) is 4.30. The van der Waals surface area contributed by atoms with Gasteiger partial charge in [0.2, 0.25) is 5.91 Å².